The number of hydrogen-bond acceptors (Lipinski definition) is 5. The summed E-state index contributed by atoms with van der Waals surface area (Å²) in [6.45, 7) is 1.91. The molecule has 0 bridgehead atoms. The molecule has 1 amide bonds. The zero-order valence-corrected chi connectivity index (χ0v) is 20.6. The Morgan fingerprint density at radius 1 is 1.00 bits per heavy atom. The van der Waals surface area contributed by atoms with E-state index < -0.39 is 23.7 Å². The predicted octanol–water partition coefficient (Wildman–Crippen LogP) is 5.82. The summed E-state index contributed by atoms with van der Waals surface area (Å²) >= 11 is 9.44. The number of halogens is 2. The van der Waals surface area contributed by atoms with E-state index >= 15 is 0 Å². The summed E-state index contributed by atoms with van der Waals surface area (Å²) in [5.41, 5.74) is 2.59. The number of aliphatic hydroxyl groups excluding tert-OH is 1. The first-order valence-corrected chi connectivity index (χ1v) is 11.4. The Balaban J connectivity index is 1.92. The molecule has 0 spiro atoms. The van der Waals surface area contributed by atoms with Crippen molar-refractivity contribution in [3.8, 4) is 0 Å². The predicted molar refractivity (Wildman–Crippen MR) is 133 cm³/mol. The summed E-state index contributed by atoms with van der Waals surface area (Å²) in [7, 11) is 1.28. The number of esters is 1. The van der Waals surface area contributed by atoms with Gasteiger partial charge in [0, 0.05) is 20.7 Å². The van der Waals surface area contributed by atoms with Crippen LogP contribution in [0.5, 0.6) is 0 Å². The van der Waals surface area contributed by atoms with E-state index in [0.717, 1.165) is 10.0 Å². The van der Waals surface area contributed by atoms with Gasteiger partial charge in [-0.1, -0.05) is 45.7 Å². The zero-order chi connectivity index (χ0) is 24.6. The third kappa shape index (κ3) is 4.24. The number of benzene rings is 3. The maximum absolute atomic E-state index is 13.2. The Kier molecular flexibility index (Phi) is 6.59. The zero-order valence-electron chi connectivity index (χ0n) is 18.2. The molecule has 6 nitrogen and oxygen atoms in total. The van der Waals surface area contributed by atoms with Crippen LogP contribution in [0.3, 0.4) is 0 Å². The van der Waals surface area contributed by atoms with Crippen molar-refractivity contribution < 1.29 is 24.2 Å². The lowest BCUT2D eigenvalue weighted by Crippen LogP contribution is -2.29. The molecule has 1 unspecified atom stereocenters. The Hall–Kier alpha value is -3.42. The largest absolute Gasteiger partial charge is 0.507 e. The van der Waals surface area contributed by atoms with Crippen LogP contribution in [0.2, 0.25) is 5.02 Å². The number of aliphatic hydroxyl groups is 1. The van der Waals surface area contributed by atoms with Gasteiger partial charge in [-0.3, -0.25) is 14.5 Å². The molecule has 1 atom stereocenters. The number of anilines is 1. The minimum absolute atomic E-state index is 0.0603. The molecule has 1 aliphatic heterocycles. The van der Waals surface area contributed by atoms with Crippen molar-refractivity contribution in [1.29, 1.82) is 0 Å². The van der Waals surface area contributed by atoms with Gasteiger partial charge in [-0.2, -0.15) is 0 Å². The van der Waals surface area contributed by atoms with Crippen molar-refractivity contribution in [2.45, 2.75) is 13.0 Å². The van der Waals surface area contributed by atoms with Crippen LogP contribution in [-0.4, -0.2) is 29.9 Å². The smallest absolute Gasteiger partial charge is 0.337 e. The van der Waals surface area contributed by atoms with E-state index in [1.807, 2.05) is 13.0 Å². The van der Waals surface area contributed by atoms with Gasteiger partial charge in [-0.05, 0) is 66.6 Å². The standard InChI is InChI=1S/C26H19BrClNO5/c1-14-3-12-19(13-20(14)27)29-22(15-4-6-17(7-5-15)26(33)34-2)21(24(31)25(29)32)23(30)16-8-10-18(28)11-9-16/h3-13,22,30H,1-2H3/b23-21+. The van der Waals surface area contributed by atoms with Crippen LogP contribution in [0.15, 0.2) is 76.8 Å². The Morgan fingerprint density at radius 2 is 1.62 bits per heavy atom. The van der Waals surface area contributed by atoms with Crippen molar-refractivity contribution >= 4 is 56.6 Å². The summed E-state index contributed by atoms with van der Waals surface area (Å²) in [6, 6.07) is 17.1. The summed E-state index contributed by atoms with van der Waals surface area (Å²) in [5.74, 6) is -2.41. The van der Waals surface area contributed by atoms with Crippen LogP contribution in [0, 0.1) is 6.92 Å². The number of ketones is 1. The van der Waals surface area contributed by atoms with E-state index in [2.05, 4.69) is 15.9 Å². The van der Waals surface area contributed by atoms with E-state index in [1.54, 1.807) is 60.7 Å². The molecule has 172 valence electrons. The average molecular weight is 541 g/mol. The second kappa shape index (κ2) is 9.44. The first-order valence-electron chi connectivity index (χ1n) is 10.2. The first-order chi connectivity index (χ1) is 16.2. The van der Waals surface area contributed by atoms with Crippen LogP contribution in [0.1, 0.15) is 33.1 Å². The van der Waals surface area contributed by atoms with Gasteiger partial charge >= 0.3 is 5.97 Å². The average Bonchev–Trinajstić information content (AvgIpc) is 3.11. The maximum atomic E-state index is 13.2. The molecule has 0 aromatic heterocycles. The molecule has 34 heavy (non-hydrogen) atoms. The van der Waals surface area contributed by atoms with E-state index in [4.69, 9.17) is 16.3 Å². The molecular formula is C26H19BrClNO5. The number of methoxy groups -OCH3 is 1. The summed E-state index contributed by atoms with van der Waals surface area (Å²) in [6.07, 6.45) is 0. The number of ether oxygens (including phenoxy) is 1. The molecule has 1 saturated heterocycles. The van der Waals surface area contributed by atoms with Crippen molar-refractivity contribution in [2.24, 2.45) is 0 Å². The normalized spacial score (nSPS) is 17.2. The number of Topliss-reactive ketones (excluding diaryl/α,β-unsaturated/α-hetero) is 1. The summed E-state index contributed by atoms with van der Waals surface area (Å²) < 4.78 is 5.52. The molecule has 3 aromatic carbocycles. The van der Waals surface area contributed by atoms with Gasteiger partial charge < -0.3 is 9.84 Å². The van der Waals surface area contributed by atoms with E-state index in [9.17, 15) is 19.5 Å². The third-order valence-corrected chi connectivity index (χ3v) is 6.75. The SMILES string of the molecule is COC(=O)c1ccc(C2/C(=C(\O)c3ccc(Cl)cc3)C(=O)C(=O)N2c2ccc(C)c(Br)c2)cc1. The third-order valence-electron chi connectivity index (χ3n) is 5.64. The molecule has 0 radical (unpaired) electrons. The number of hydrogen-bond donors (Lipinski definition) is 1. The monoisotopic (exact) mass is 539 g/mol. The highest BCUT2D eigenvalue weighted by Gasteiger charge is 2.47. The number of nitrogens with zero attached hydrogens (tertiary/aromatic N) is 1. The quantitative estimate of drug-likeness (QED) is 0.195. The lowest BCUT2D eigenvalue weighted by atomic mass is 9.94. The Morgan fingerprint density at radius 3 is 2.21 bits per heavy atom. The van der Waals surface area contributed by atoms with Crippen LogP contribution in [0.25, 0.3) is 5.76 Å². The van der Waals surface area contributed by atoms with Gasteiger partial charge in [0.05, 0.1) is 24.3 Å². The maximum Gasteiger partial charge on any atom is 0.337 e. The lowest BCUT2D eigenvalue weighted by molar-refractivity contribution is -0.132. The minimum atomic E-state index is -0.919. The Labute approximate surface area is 209 Å². The van der Waals surface area contributed by atoms with Crippen LogP contribution in [-0.2, 0) is 14.3 Å². The van der Waals surface area contributed by atoms with Gasteiger partial charge in [-0.25, -0.2) is 4.79 Å². The van der Waals surface area contributed by atoms with E-state index in [1.165, 1.54) is 12.0 Å². The fourth-order valence-electron chi connectivity index (χ4n) is 3.83. The molecule has 0 saturated carbocycles. The van der Waals surface area contributed by atoms with Gasteiger partial charge in [0.1, 0.15) is 5.76 Å². The fourth-order valence-corrected chi connectivity index (χ4v) is 4.32. The molecule has 4 rings (SSSR count). The number of aryl methyl sites for hydroxylation is 1. The van der Waals surface area contributed by atoms with Gasteiger partial charge in [0.2, 0.25) is 0 Å². The second-order valence-corrected chi connectivity index (χ2v) is 9.01. The lowest BCUT2D eigenvalue weighted by Gasteiger charge is -2.26. The van der Waals surface area contributed by atoms with Gasteiger partial charge in [0.15, 0.2) is 0 Å². The molecule has 1 fully saturated rings. The summed E-state index contributed by atoms with van der Waals surface area (Å²) in [5, 5.41) is 11.6. The fraction of sp³-hybridized carbons (Fsp3) is 0.115. The van der Waals surface area contributed by atoms with E-state index in [-0.39, 0.29) is 11.3 Å². The second-order valence-electron chi connectivity index (χ2n) is 7.72. The number of carbonyl (C=O) groups excluding carboxylic acids is 3. The van der Waals surface area contributed by atoms with Crippen molar-refractivity contribution in [2.75, 3.05) is 12.0 Å². The van der Waals surface area contributed by atoms with Crippen molar-refractivity contribution in [1.82, 2.24) is 0 Å². The summed E-state index contributed by atoms with van der Waals surface area (Å²) in [4.78, 5) is 39.7. The van der Waals surface area contributed by atoms with Gasteiger partial charge in [0.25, 0.3) is 11.7 Å². The van der Waals surface area contributed by atoms with Crippen molar-refractivity contribution in [3.05, 3.63) is 104 Å². The highest BCUT2D eigenvalue weighted by molar-refractivity contribution is 9.10. The van der Waals surface area contributed by atoms with Crippen LogP contribution in [0.4, 0.5) is 5.69 Å². The molecule has 1 aliphatic rings. The number of carbonyl (C=O) groups is 3. The number of amides is 1. The van der Waals surface area contributed by atoms with Crippen LogP contribution >= 0.6 is 27.5 Å². The number of rotatable bonds is 4. The van der Waals surface area contributed by atoms with E-state index in [0.29, 0.717) is 27.4 Å². The molecule has 0 aliphatic carbocycles. The minimum Gasteiger partial charge on any atom is -0.507 e. The molecule has 8 heteroatoms. The van der Waals surface area contributed by atoms with Gasteiger partial charge in [-0.15, -0.1) is 0 Å². The molecule has 1 heterocycles. The molecule has 1 N–H and O–H groups in total. The molecule has 3 aromatic rings. The molecular weight excluding hydrogens is 522 g/mol. The first kappa shape index (κ1) is 23.7. The Bertz CT molecular complexity index is 1330. The topological polar surface area (TPSA) is 83.9 Å². The van der Waals surface area contributed by atoms with Crippen LogP contribution < -0.4 is 4.90 Å². The highest BCUT2D eigenvalue weighted by atomic mass is 79.9. The highest BCUT2D eigenvalue weighted by Crippen LogP contribution is 2.43. The van der Waals surface area contributed by atoms with Crippen molar-refractivity contribution in [3.63, 3.8) is 0 Å².